The Labute approximate surface area is 131 Å². The maximum absolute atomic E-state index is 11.7. The average molecular weight is 321 g/mol. The molecule has 2 atom stereocenters. The van der Waals surface area contributed by atoms with Crippen LogP contribution >= 0.6 is 0 Å². The van der Waals surface area contributed by atoms with Crippen molar-refractivity contribution in [3.05, 3.63) is 29.6 Å². The van der Waals surface area contributed by atoms with Gasteiger partial charge in [0.15, 0.2) is 0 Å². The normalized spacial score (nSPS) is 17.9. The van der Waals surface area contributed by atoms with Gasteiger partial charge in [0.2, 0.25) is 5.16 Å². The molecule has 1 aliphatic heterocycles. The molecule has 7 heteroatoms. The molecule has 1 aliphatic rings. The number of ether oxygens (including phenoxy) is 2. The van der Waals surface area contributed by atoms with Gasteiger partial charge in [-0.25, -0.2) is 0 Å². The van der Waals surface area contributed by atoms with E-state index in [4.69, 9.17) is 9.47 Å². The summed E-state index contributed by atoms with van der Waals surface area (Å²) in [5.41, 5.74) is 2.14. The Morgan fingerprint density at radius 2 is 2.32 bits per heavy atom. The first kappa shape index (κ1) is 15.0. The van der Waals surface area contributed by atoms with Gasteiger partial charge in [-0.1, -0.05) is 0 Å². The molecule has 0 saturated carbocycles. The molecule has 1 aromatic heterocycles. The van der Waals surface area contributed by atoms with Gasteiger partial charge in [-0.05, 0) is 26.0 Å². The van der Waals surface area contributed by atoms with E-state index >= 15 is 0 Å². The lowest BCUT2D eigenvalue weighted by atomic mass is 10.1. The average Bonchev–Trinajstić information content (AvgIpc) is 3.05. The van der Waals surface area contributed by atoms with Gasteiger partial charge >= 0.3 is 0 Å². The predicted molar refractivity (Wildman–Crippen MR) is 82.9 cm³/mol. The first-order chi connectivity index (χ1) is 10.6. The maximum atomic E-state index is 11.7. The van der Waals surface area contributed by atoms with Crippen molar-refractivity contribution in [2.45, 2.75) is 38.1 Å². The summed E-state index contributed by atoms with van der Waals surface area (Å²) in [5.74, 6) is 1.73. The van der Waals surface area contributed by atoms with Crippen molar-refractivity contribution >= 4 is 10.8 Å². The number of fused-ring (bicyclic) bond motifs is 1. The third-order valence-corrected chi connectivity index (χ3v) is 4.39. The van der Waals surface area contributed by atoms with E-state index in [0.717, 1.165) is 23.5 Å². The van der Waals surface area contributed by atoms with E-state index in [9.17, 15) is 4.21 Å². The van der Waals surface area contributed by atoms with Crippen molar-refractivity contribution in [1.82, 2.24) is 14.8 Å². The number of hydrogen-bond acceptors (Lipinski definition) is 5. The lowest BCUT2D eigenvalue weighted by Crippen LogP contribution is -2.07. The van der Waals surface area contributed by atoms with Crippen molar-refractivity contribution < 1.29 is 13.7 Å². The number of hydrogen-bond donors (Lipinski definition) is 0. The Hall–Kier alpha value is -1.89. The zero-order valence-electron chi connectivity index (χ0n) is 12.9. The lowest BCUT2D eigenvalue weighted by Gasteiger charge is -2.13. The monoisotopic (exact) mass is 321 g/mol. The molecule has 1 aromatic carbocycles. The van der Waals surface area contributed by atoms with Crippen LogP contribution in [0.3, 0.4) is 0 Å². The highest BCUT2D eigenvalue weighted by atomic mass is 32.2. The Morgan fingerprint density at radius 3 is 3.05 bits per heavy atom. The second-order valence-corrected chi connectivity index (χ2v) is 6.60. The molecule has 0 fully saturated rings. The third-order valence-electron chi connectivity index (χ3n) is 3.56. The predicted octanol–water partition coefficient (Wildman–Crippen LogP) is 1.79. The van der Waals surface area contributed by atoms with Crippen molar-refractivity contribution in [3.63, 3.8) is 0 Å². The Bertz CT molecular complexity index is 714. The summed E-state index contributed by atoms with van der Waals surface area (Å²) in [5, 5.41) is 8.22. The van der Waals surface area contributed by atoms with E-state index in [-0.39, 0.29) is 6.10 Å². The van der Waals surface area contributed by atoms with Crippen LogP contribution in [0.25, 0.3) is 0 Å². The first-order valence-electron chi connectivity index (χ1n) is 7.25. The molecule has 2 heterocycles. The van der Waals surface area contributed by atoms with Crippen LogP contribution in [0.4, 0.5) is 0 Å². The molecule has 0 spiro atoms. The van der Waals surface area contributed by atoms with Crippen molar-refractivity contribution in [2.75, 3.05) is 12.9 Å². The zero-order chi connectivity index (χ0) is 15.7. The lowest BCUT2D eigenvalue weighted by molar-refractivity contribution is 0.254. The summed E-state index contributed by atoms with van der Waals surface area (Å²) < 4.78 is 25.0. The van der Waals surface area contributed by atoms with Crippen molar-refractivity contribution in [3.8, 4) is 11.5 Å². The van der Waals surface area contributed by atoms with E-state index in [1.165, 1.54) is 5.56 Å². The minimum absolute atomic E-state index is 0.188. The van der Waals surface area contributed by atoms with Crippen molar-refractivity contribution in [2.24, 2.45) is 0 Å². The maximum Gasteiger partial charge on any atom is 0.221 e. The van der Waals surface area contributed by atoms with Gasteiger partial charge in [-0.15, -0.1) is 10.2 Å². The number of rotatable bonds is 5. The summed E-state index contributed by atoms with van der Waals surface area (Å²) in [6, 6.07) is 4.05. The number of aromatic nitrogens is 3. The number of nitrogens with zero attached hydrogens (tertiary/aromatic N) is 3. The minimum atomic E-state index is -1.18. The Balaban J connectivity index is 1.97. The van der Waals surface area contributed by atoms with Gasteiger partial charge in [0.1, 0.15) is 23.9 Å². The van der Waals surface area contributed by atoms with Crippen LogP contribution in [-0.2, 0) is 23.8 Å². The minimum Gasteiger partial charge on any atom is -0.494 e. The van der Waals surface area contributed by atoms with Gasteiger partial charge in [0.25, 0.3) is 0 Å². The van der Waals surface area contributed by atoms with E-state index in [1.807, 2.05) is 19.1 Å². The Morgan fingerprint density at radius 1 is 1.50 bits per heavy atom. The van der Waals surface area contributed by atoms with Crippen LogP contribution in [0.5, 0.6) is 11.5 Å². The smallest absolute Gasteiger partial charge is 0.221 e. The molecule has 2 aromatic rings. The zero-order valence-corrected chi connectivity index (χ0v) is 13.7. The Kier molecular flexibility index (Phi) is 4.15. The van der Waals surface area contributed by atoms with Crippen molar-refractivity contribution in [1.29, 1.82) is 0 Å². The van der Waals surface area contributed by atoms with E-state index in [0.29, 0.717) is 18.3 Å². The van der Waals surface area contributed by atoms with Crippen LogP contribution in [-0.4, -0.2) is 37.9 Å². The molecule has 0 radical (unpaired) electrons. The summed E-state index contributed by atoms with van der Waals surface area (Å²) >= 11 is 0. The summed E-state index contributed by atoms with van der Waals surface area (Å²) in [4.78, 5) is 0. The fourth-order valence-corrected chi connectivity index (χ4v) is 3.26. The molecular formula is C15H19N3O3S. The molecule has 0 saturated heterocycles. The highest BCUT2D eigenvalue weighted by Crippen LogP contribution is 2.35. The van der Waals surface area contributed by atoms with Gasteiger partial charge in [0.05, 0.1) is 24.0 Å². The molecule has 22 heavy (non-hydrogen) atoms. The fraction of sp³-hybridized carbons (Fsp3) is 0.467. The van der Waals surface area contributed by atoms with Gasteiger partial charge in [-0.3, -0.25) is 4.21 Å². The molecule has 3 rings (SSSR count). The number of benzene rings is 1. The summed E-state index contributed by atoms with van der Waals surface area (Å²) in [7, 11) is -1.18. The van der Waals surface area contributed by atoms with Crippen LogP contribution in [0.2, 0.25) is 0 Å². The second-order valence-electron chi connectivity index (χ2n) is 5.33. The highest BCUT2D eigenvalue weighted by molar-refractivity contribution is 7.84. The molecule has 0 unspecified atom stereocenters. The van der Waals surface area contributed by atoms with E-state index in [1.54, 1.807) is 17.2 Å². The van der Waals surface area contributed by atoms with Crippen LogP contribution in [0, 0.1) is 0 Å². The summed E-state index contributed by atoms with van der Waals surface area (Å²) in [6.07, 6.45) is 4.26. The molecule has 0 bridgehead atoms. The summed E-state index contributed by atoms with van der Waals surface area (Å²) in [6.45, 7) is 5.11. The van der Waals surface area contributed by atoms with Crippen LogP contribution in [0.15, 0.2) is 23.6 Å². The second kappa shape index (κ2) is 6.08. The topological polar surface area (TPSA) is 66.2 Å². The standard InChI is InChI=1S/C15H19N3O3S/c1-4-20-13-6-11-5-10(2)21-14(11)7-12(13)8-18-9-16-17-15(18)22(3)19/h6-7,9-10H,4-5,8H2,1-3H3/t10-,22+/m0/s1. The largest absolute Gasteiger partial charge is 0.494 e. The van der Waals surface area contributed by atoms with Crippen LogP contribution in [0.1, 0.15) is 25.0 Å². The van der Waals surface area contributed by atoms with E-state index in [2.05, 4.69) is 17.1 Å². The van der Waals surface area contributed by atoms with Crippen LogP contribution < -0.4 is 9.47 Å². The van der Waals surface area contributed by atoms with E-state index < -0.39 is 10.8 Å². The SMILES string of the molecule is CCOc1cc2c(cc1Cn1cnnc1[S@@](C)=O)O[C@@H](C)C2. The highest BCUT2D eigenvalue weighted by Gasteiger charge is 2.22. The molecule has 118 valence electrons. The first-order valence-corrected chi connectivity index (χ1v) is 8.80. The quantitative estimate of drug-likeness (QED) is 0.840. The molecule has 0 N–H and O–H groups in total. The van der Waals surface area contributed by atoms with Gasteiger partial charge < -0.3 is 14.0 Å². The third kappa shape index (κ3) is 2.85. The molecule has 0 aliphatic carbocycles. The fourth-order valence-electron chi connectivity index (χ4n) is 2.65. The molecular weight excluding hydrogens is 302 g/mol. The van der Waals surface area contributed by atoms with Gasteiger partial charge in [0, 0.05) is 23.8 Å². The molecule has 0 amide bonds. The molecule has 6 nitrogen and oxygen atoms in total. The van der Waals surface area contributed by atoms with Gasteiger partial charge in [-0.2, -0.15) is 0 Å².